The Morgan fingerprint density at radius 1 is 1.17 bits per heavy atom. The maximum atomic E-state index is 5.80. The van der Waals surface area contributed by atoms with E-state index in [1.807, 2.05) is 18.2 Å². The van der Waals surface area contributed by atoms with Gasteiger partial charge in [0.15, 0.2) is 11.5 Å². The summed E-state index contributed by atoms with van der Waals surface area (Å²) in [4.78, 5) is 0. The molecular weight excluding hydrogens is 312 g/mol. The number of methoxy groups -OCH3 is 1. The molecule has 1 aromatic heterocycles. The lowest BCUT2D eigenvalue weighted by Gasteiger charge is -2.11. The first-order valence-electron chi connectivity index (χ1n) is 5.70. The fraction of sp³-hybridized carbons (Fsp3) is 0.286. The van der Waals surface area contributed by atoms with E-state index in [0.29, 0.717) is 6.61 Å². The molecule has 4 heteroatoms. The molecule has 0 N–H and O–H groups in total. The molecule has 2 nitrogen and oxygen atoms in total. The van der Waals surface area contributed by atoms with Crippen LogP contribution in [0.2, 0.25) is 0 Å². The maximum absolute atomic E-state index is 5.80. The van der Waals surface area contributed by atoms with Crippen LogP contribution >= 0.6 is 27.3 Å². The van der Waals surface area contributed by atoms with Gasteiger partial charge in [-0.15, -0.1) is 0 Å². The molecule has 0 aliphatic carbocycles. The quantitative estimate of drug-likeness (QED) is 0.738. The van der Waals surface area contributed by atoms with Crippen LogP contribution in [-0.2, 0) is 11.8 Å². The molecule has 0 aliphatic rings. The molecule has 0 amide bonds. The Morgan fingerprint density at radius 2 is 2.06 bits per heavy atom. The summed E-state index contributed by atoms with van der Waals surface area (Å²) in [5.74, 6) is 1.59. The van der Waals surface area contributed by atoms with E-state index in [1.54, 1.807) is 18.4 Å². The zero-order valence-electron chi connectivity index (χ0n) is 10.2. The van der Waals surface area contributed by atoms with Crippen molar-refractivity contribution in [3.8, 4) is 11.5 Å². The predicted molar refractivity (Wildman–Crippen MR) is 79.1 cm³/mol. The minimum Gasteiger partial charge on any atom is -0.493 e. The van der Waals surface area contributed by atoms with E-state index in [9.17, 15) is 0 Å². The Labute approximate surface area is 120 Å². The second kappa shape index (κ2) is 6.81. The Hall–Kier alpha value is -1.00. The molecule has 1 aromatic carbocycles. The summed E-state index contributed by atoms with van der Waals surface area (Å²) in [6.07, 6.45) is 0.922. The number of halogens is 1. The van der Waals surface area contributed by atoms with Gasteiger partial charge in [-0.2, -0.15) is 11.3 Å². The lowest BCUT2D eigenvalue weighted by Crippen LogP contribution is -2.02. The van der Waals surface area contributed by atoms with Crippen molar-refractivity contribution in [1.82, 2.24) is 0 Å². The Morgan fingerprint density at radius 3 is 2.72 bits per heavy atom. The maximum Gasteiger partial charge on any atom is 0.161 e. The monoisotopic (exact) mass is 326 g/mol. The number of rotatable bonds is 6. The van der Waals surface area contributed by atoms with Crippen molar-refractivity contribution in [2.45, 2.75) is 11.8 Å². The molecule has 0 bridgehead atoms. The molecule has 0 unspecified atom stereocenters. The normalized spacial score (nSPS) is 10.3. The highest BCUT2D eigenvalue weighted by atomic mass is 79.9. The van der Waals surface area contributed by atoms with Gasteiger partial charge in [-0.05, 0) is 40.1 Å². The molecule has 18 heavy (non-hydrogen) atoms. The molecule has 0 radical (unpaired) electrons. The number of alkyl halides is 1. The first-order chi connectivity index (χ1) is 8.83. The van der Waals surface area contributed by atoms with Gasteiger partial charge in [0.1, 0.15) is 0 Å². The zero-order chi connectivity index (χ0) is 12.8. The topological polar surface area (TPSA) is 18.5 Å². The van der Waals surface area contributed by atoms with Crippen LogP contribution in [0.15, 0.2) is 35.0 Å². The third-order valence-corrected chi connectivity index (χ3v) is 3.99. The third-order valence-electron chi connectivity index (χ3n) is 2.61. The summed E-state index contributed by atoms with van der Waals surface area (Å²) in [5, 5.41) is 5.05. The Balaban J connectivity index is 1.98. The number of hydrogen-bond acceptors (Lipinski definition) is 3. The van der Waals surface area contributed by atoms with Crippen LogP contribution in [0.25, 0.3) is 0 Å². The zero-order valence-corrected chi connectivity index (χ0v) is 12.6. The molecular formula is C14H15BrO2S. The second-order valence-electron chi connectivity index (χ2n) is 3.85. The number of hydrogen-bond donors (Lipinski definition) is 0. The molecule has 0 saturated heterocycles. The largest absolute Gasteiger partial charge is 0.493 e. The Bertz CT molecular complexity index is 483. The SMILES string of the molecule is COc1ccc(CBr)cc1OCCc1ccsc1. The standard InChI is InChI=1S/C14H15BrO2S/c1-16-13-3-2-12(9-15)8-14(13)17-6-4-11-5-7-18-10-11/h2-3,5,7-8,10H,4,6,9H2,1H3. The summed E-state index contributed by atoms with van der Waals surface area (Å²) in [6, 6.07) is 8.11. The van der Waals surface area contributed by atoms with Crippen molar-refractivity contribution in [3.63, 3.8) is 0 Å². The fourth-order valence-electron chi connectivity index (χ4n) is 1.63. The van der Waals surface area contributed by atoms with Crippen LogP contribution in [0.4, 0.5) is 0 Å². The summed E-state index contributed by atoms with van der Waals surface area (Å²) >= 11 is 5.16. The van der Waals surface area contributed by atoms with Crippen molar-refractivity contribution >= 4 is 27.3 Å². The highest BCUT2D eigenvalue weighted by Gasteiger charge is 2.05. The summed E-state index contributed by atoms with van der Waals surface area (Å²) in [7, 11) is 1.66. The molecule has 0 aliphatic heterocycles. The van der Waals surface area contributed by atoms with Crippen LogP contribution < -0.4 is 9.47 Å². The van der Waals surface area contributed by atoms with E-state index in [1.165, 1.54) is 11.1 Å². The van der Waals surface area contributed by atoms with Gasteiger partial charge in [-0.1, -0.05) is 22.0 Å². The number of ether oxygens (including phenoxy) is 2. The van der Waals surface area contributed by atoms with Crippen LogP contribution in [0.1, 0.15) is 11.1 Å². The van der Waals surface area contributed by atoms with E-state index in [4.69, 9.17) is 9.47 Å². The first kappa shape index (κ1) is 13.4. The molecule has 0 fully saturated rings. The molecule has 0 spiro atoms. The molecule has 2 aromatic rings. The lowest BCUT2D eigenvalue weighted by atomic mass is 10.2. The predicted octanol–water partition coefficient (Wildman–Crippen LogP) is 4.27. The summed E-state index contributed by atoms with van der Waals surface area (Å²) in [5.41, 5.74) is 2.50. The Kier molecular flexibility index (Phi) is 5.08. The molecule has 0 atom stereocenters. The van der Waals surface area contributed by atoms with E-state index in [0.717, 1.165) is 23.2 Å². The molecule has 0 saturated carbocycles. The van der Waals surface area contributed by atoms with Crippen molar-refractivity contribution in [3.05, 3.63) is 46.2 Å². The average molecular weight is 327 g/mol. The highest BCUT2D eigenvalue weighted by Crippen LogP contribution is 2.29. The molecule has 1 heterocycles. The van der Waals surface area contributed by atoms with Crippen molar-refractivity contribution < 1.29 is 9.47 Å². The van der Waals surface area contributed by atoms with Gasteiger partial charge in [-0.25, -0.2) is 0 Å². The second-order valence-corrected chi connectivity index (χ2v) is 5.19. The van der Waals surface area contributed by atoms with Crippen molar-refractivity contribution in [1.29, 1.82) is 0 Å². The van der Waals surface area contributed by atoms with Crippen molar-refractivity contribution in [2.24, 2.45) is 0 Å². The lowest BCUT2D eigenvalue weighted by molar-refractivity contribution is 0.297. The van der Waals surface area contributed by atoms with Gasteiger partial charge >= 0.3 is 0 Å². The van der Waals surface area contributed by atoms with E-state index in [-0.39, 0.29) is 0 Å². The van der Waals surface area contributed by atoms with Gasteiger partial charge in [0.05, 0.1) is 13.7 Å². The smallest absolute Gasteiger partial charge is 0.161 e. The van der Waals surface area contributed by atoms with E-state index < -0.39 is 0 Å². The van der Waals surface area contributed by atoms with Gasteiger partial charge in [0, 0.05) is 11.8 Å². The van der Waals surface area contributed by atoms with Gasteiger partial charge < -0.3 is 9.47 Å². The van der Waals surface area contributed by atoms with Crippen LogP contribution in [0, 0.1) is 0 Å². The fourth-order valence-corrected chi connectivity index (χ4v) is 2.68. The van der Waals surface area contributed by atoms with Crippen LogP contribution in [0.3, 0.4) is 0 Å². The minimum atomic E-state index is 0.666. The highest BCUT2D eigenvalue weighted by molar-refractivity contribution is 9.08. The van der Waals surface area contributed by atoms with Gasteiger partial charge in [0.25, 0.3) is 0 Å². The van der Waals surface area contributed by atoms with Crippen molar-refractivity contribution in [2.75, 3.05) is 13.7 Å². The van der Waals surface area contributed by atoms with Crippen LogP contribution in [-0.4, -0.2) is 13.7 Å². The molecule has 2 rings (SSSR count). The van der Waals surface area contributed by atoms with Crippen LogP contribution in [0.5, 0.6) is 11.5 Å². The average Bonchev–Trinajstić information content (AvgIpc) is 2.92. The van der Waals surface area contributed by atoms with E-state index in [2.05, 4.69) is 32.8 Å². The van der Waals surface area contributed by atoms with Gasteiger partial charge in [-0.3, -0.25) is 0 Å². The third kappa shape index (κ3) is 3.50. The molecule has 96 valence electrons. The van der Waals surface area contributed by atoms with E-state index >= 15 is 0 Å². The first-order valence-corrected chi connectivity index (χ1v) is 7.76. The minimum absolute atomic E-state index is 0.666. The van der Waals surface area contributed by atoms with Gasteiger partial charge in [0.2, 0.25) is 0 Å². The summed E-state index contributed by atoms with van der Waals surface area (Å²) < 4.78 is 11.1. The number of thiophene rings is 1. The summed E-state index contributed by atoms with van der Waals surface area (Å²) in [6.45, 7) is 0.666. The number of benzene rings is 1.